The van der Waals surface area contributed by atoms with Crippen LogP contribution in [-0.2, 0) is 16.4 Å². The Balaban J connectivity index is 1.93. The minimum atomic E-state index is -3.37. The van der Waals surface area contributed by atoms with Crippen LogP contribution in [0.5, 0.6) is 0 Å². The predicted octanol–water partition coefficient (Wildman–Crippen LogP) is 2.85. The number of rotatable bonds is 5. The molecule has 1 aromatic carbocycles. The number of aryl methyl sites for hydroxylation is 1. The fourth-order valence-electron chi connectivity index (χ4n) is 2.90. The van der Waals surface area contributed by atoms with Crippen molar-refractivity contribution in [2.24, 2.45) is 5.92 Å². The second-order valence-corrected chi connectivity index (χ2v) is 8.44. The van der Waals surface area contributed by atoms with Gasteiger partial charge in [0.1, 0.15) is 0 Å². The topological polar surface area (TPSA) is 49.4 Å². The standard InChI is InChI=1S/C16H24N2O2S/c1-12(2)11-18(14-6-7-14)21(19,20)15-8-5-13-4-3-9-17-16(13)10-15/h5,8,10,12,14,17H,3-4,6-7,9,11H2,1-2H3. The number of hydrogen-bond donors (Lipinski definition) is 1. The lowest BCUT2D eigenvalue weighted by atomic mass is 10.0. The highest BCUT2D eigenvalue weighted by molar-refractivity contribution is 7.89. The highest BCUT2D eigenvalue weighted by Crippen LogP contribution is 2.34. The first-order valence-corrected chi connectivity index (χ1v) is 9.31. The smallest absolute Gasteiger partial charge is 0.243 e. The zero-order valence-electron chi connectivity index (χ0n) is 12.8. The summed E-state index contributed by atoms with van der Waals surface area (Å²) in [5.41, 5.74) is 2.21. The molecule has 1 aliphatic heterocycles. The number of nitrogens with zero attached hydrogens (tertiary/aromatic N) is 1. The third kappa shape index (κ3) is 3.09. The second-order valence-electron chi connectivity index (χ2n) is 6.55. The molecule has 1 aromatic rings. The van der Waals surface area contributed by atoms with Crippen LogP contribution in [0.4, 0.5) is 5.69 Å². The van der Waals surface area contributed by atoms with E-state index >= 15 is 0 Å². The van der Waals surface area contributed by atoms with Gasteiger partial charge >= 0.3 is 0 Å². The van der Waals surface area contributed by atoms with Crippen molar-refractivity contribution in [1.82, 2.24) is 4.31 Å². The van der Waals surface area contributed by atoms with E-state index in [1.165, 1.54) is 5.56 Å². The Morgan fingerprint density at radius 1 is 1.33 bits per heavy atom. The van der Waals surface area contributed by atoms with Crippen molar-refractivity contribution in [2.45, 2.75) is 50.5 Å². The molecular weight excluding hydrogens is 284 g/mol. The molecule has 0 atom stereocenters. The van der Waals surface area contributed by atoms with Gasteiger partial charge in [0.15, 0.2) is 0 Å². The molecule has 1 saturated carbocycles. The van der Waals surface area contributed by atoms with Gasteiger partial charge in [0.05, 0.1) is 4.90 Å². The first kappa shape index (κ1) is 14.9. The van der Waals surface area contributed by atoms with Crippen LogP contribution in [-0.4, -0.2) is 31.9 Å². The molecule has 1 fully saturated rings. The van der Waals surface area contributed by atoms with Gasteiger partial charge in [0.2, 0.25) is 10.0 Å². The molecule has 116 valence electrons. The van der Waals surface area contributed by atoms with Crippen LogP contribution in [0.15, 0.2) is 23.1 Å². The van der Waals surface area contributed by atoms with Gasteiger partial charge in [0.25, 0.3) is 0 Å². The van der Waals surface area contributed by atoms with E-state index in [-0.39, 0.29) is 6.04 Å². The molecule has 5 heteroatoms. The van der Waals surface area contributed by atoms with Crippen LogP contribution < -0.4 is 5.32 Å². The summed E-state index contributed by atoms with van der Waals surface area (Å²) in [4.78, 5) is 0.434. The molecule has 4 nitrogen and oxygen atoms in total. The maximum Gasteiger partial charge on any atom is 0.243 e. The number of anilines is 1. The van der Waals surface area contributed by atoms with E-state index < -0.39 is 10.0 Å². The van der Waals surface area contributed by atoms with Crippen molar-refractivity contribution in [1.29, 1.82) is 0 Å². The largest absolute Gasteiger partial charge is 0.385 e. The summed E-state index contributed by atoms with van der Waals surface area (Å²) in [6.45, 7) is 5.67. The molecule has 0 saturated heterocycles. The van der Waals surface area contributed by atoms with Gasteiger partial charge < -0.3 is 5.32 Å². The zero-order valence-corrected chi connectivity index (χ0v) is 13.6. The van der Waals surface area contributed by atoms with Gasteiger partial charge in [-0.05, 0) is 49.3 Å². The van der Waals surface area contributed by atoms with E-state index in [1.54, 1.807) is 10.4 Å². The van der Waals surface area contributed by atoms with Crippen LogP contribution >= 0.6 is 0 Å². The van der Waals surface area contributed by atoms with Gasteiger partial charge in [-0.25, -0.2) is 8.42 Å². The molecule has 3 rings (SSSR count). The molecule has 2 aliphatic rings. The Morgan fingerprint density at radius 2 is 2.10 bits per heavy atom. The summed E-state index contributed by atoms with van der Waals surface area (Å²) in [5, 5.41) is 3.32. The van der Waals surface area contributed by atoms with E-state index in [1.807, 2.05) is 12.1 Å². The second kappa shape index (κ2) is 5.61. The number of fused-ring (bicyclic) bond motifs is 1. The van der Waals surface area contributed by atoms with Crippen molar-refractivity contribution < 1.29 is 8.42 Å². The van der Waals surface area contributed by atoms with Crippen molar-refractivity contribution >= 4 is 15.7 Å². The van der Waals surface area contributed by atoms with Crippen LogP contribution in [0.1, 0.15) is 38.7 Å². The van der Waals surface area contributed by atoms with Crippen molar-refractivity contribution in [3.8, 4) is 0 Å². The van der Waals surface area contributed by atoms with E-state index in [9.17, 15) is 8.42 Å². The Morgan fingerprint density at radius 3 is 2.76 bits per heavy atom. The Labute approximate surface area is 127 Å². The lowest BCUT2D eigenvalue weighted by molar-refractivity contribution is 0.360. The SMILES string of the molecule is CC(C)CN(C1CC1)S(=O)(=O)c1ccc2c(c1)NCCC2. The van der Waals surface area contributed by atoms with Gasteiger partial charge in [-0.2, -0.15) is 4.31 Å². The molecule has 1 N–H and O–H groups in total. The first-order chi connectivity index (χ1) is 9.98. The summed E-state index contributed by atoms with van der Waals surface area (Å²) >= 11 is 0. The normalized spacial score (nSPS) is 18.7. The third-order valence-corrected chi connectivity index (χ3v) is 6.04. The molecule has 0 spiro atoms. The van der Waals surface area contributed by atoms with Crippen LogP contribution in [0.2, 0.25) is 0 Å². The maximum atomic E-state index is 12.9. The quantitative estimate of drug-likeness (QED) is 0.910. The van der Waals surface area contributed by atoms with Crippen LogP contribution in [0, 0.1) is 5.92 Å². The Kier molecular flexibility index (Phi) is 3.97. The average molecular weight is 308 g/mol. The van der Waals surface area contributed by atoms with Gasteiger partial charge in [-0.3, -0.25) is 0 Å². The van der Waals surface area contributed by atoms with Crippen LogP contribution in [0.3, 0.4) is 0 Å². The summed E-state index contributed by atoms with van der Waals surface area (Å²) in [5.74, 6) is 0.344. The van der Waals surface area contributed by atoms with Crippen molar-refractivity contribution in [2.75, 3.05) is 18.4 Å². The lowest BCUT2D eigenvalue weighted by Crippen LogP contribution is -2.36. The third-order valence-electron chi connectivity index (χ3n) is 4.13. The van der Waals surface area contributed by atoms with Crippen LogP contribution in [0.25, 0.3) is 0 Å². The lowest BCUT2D eigenvalue weighted by Gasteiger charge is -2.25. The molecule has 0 aromatic heterocycles. The Hall–Kier alpha value is -1.07. The molecule has 0 bridgehead atoms. The van der Waals surface area contributed by atoms with E-state index in [0.29, 0.717) is 17.4 Å². The fourth-order valence-corrected chi connectivity index (χ4v) is 4.78. The highest BCUT2D eigenvalue weighted by Gasteiger charge is 2.38. The summed E-state index contributed by atoms with van der Waals surface area (Å²) in [7, 11) is -3.37. The van der Waals surface area contributed by atoms with Gasteiger partial charge in [-0.15, -0.1) is 0 Å². The first-order valence-electron chi connectivity index (χ1n) is 7.87. The summed E-state index contributed by atoms with van der Waals surface area (Å²) in [6.07, 6.45) is 4.13. The Bertz CT molecular complexity index is 621. The average Bonchev–Trinajstić information content (AvgIpc) is 3.28. The van der Waals surface area contributed by atoms with Gasteiger partial charge in [0, 0.05) is 24.8 Å². The van der Waals surface area contributed by atoms with E-state index in [4.69, 9.17) is 0 Å². The van der Waals surface area contributed by atoms with E-state index in [0.717, 1.165) is 37.9 Å². The fraction of sp³-hybridized carbons (Fsp3) is 0.625. The van der Waals surface area contributed by atoms with Crippen molar-refractivity contribution in [3.05, 3.63) is 23.8 Å². The van der Waals surface area contributed by atoms with Crippen molar-refractivity contribution in [3.63, 3.8) is 0 Å². The number of hydrogen-bond acceptors (Lipinski definition) is 3. The minimum absolute atomic E-state index is 0.210. The number of sulfonamides is 1. The minimum Gasteiger partial charge on any atom is -0.385 e. The van der Waals surface area contributed by atoms with E-state index in [2.05, 4.69) is 19.2 Å². The molecule has 0 unspecified atom stereocenters. The van der Waals surface area contributed by atoms with Gasteiger partial charge in [-0.1, -0.05) is 19.9 Å². The molecule has 0 amide bonds. The monoisotopic (exact) mass is 308 g/mol. The zero-order chi connectivity index (χ0) is 15.0. The number of benzene rings is 1. The molecule has 1 aliphatic carbocycles. The molecule has 21 heavy (non-hydrogen) atoms. The highest BCUT2D eigenvalue weighted by atomic mass is 32.2. The molecule has 1 heterocycles. The molecular formula is C16H24N2O2S. The molecule has 0 radical (unpaired) electrons. The maximum absolute atomic E-state index is 12.9. The summed E-state index contributed by atoms with van der Waals surface area (Å²) in [6, 6.07) is 5.77. The predicted molar refractivity (Wildman–Crippen MR) is 85.0 cm³/mol. The summed E-state index contributed by atoms with van der Waals surface area (Å²) < 4.78 is 27.6. The number of nitrogens with one attached hydrogen (secondary N) is 1.